The molecule has 1 N–H and O–H groups in total. The van der Waals surface area contributed by atoms with Gasteiger partial charge in [-0.05, 0) is 30.8 Å². The van der Waals surface area contributed by atoms with Crippen molar-refractivity contribution in [3.8, 4) is 0 Å². The van der Waals surface area contributed by atoms with Crippen molar-refractivity contribution in [2.75, 3.05) is 26.2 Å². The lowest BCUT2D eigenvalue weighted by Crippen LogP contribution is -2.35. The minimum Gasteiger partial charge on any atom is -0.355 e. The predicted molar refractivity (Wildman–Crippen MR) is 81.0 cm³/mol. The second-order valence-corrected chi connectivity index (χ2v) is 5.13. The van der Waals surface area contributed by atoms with E-state index in [1.165, 1.54) is 0 Å². The van der Waals surface area contributed by atoms with Crippen LogP contribution in [0.4, 0.5) is 0 Å². The van der Waals surface area contributed by atoms with Crippen LogP contribution < -0.4 is 5.32 Å². The molecule has 0 atom stereocenters. The van der Waals surface area contributed by atoms with Crippen LogP contribution >= 0.6 is 23.2 Å². The molecule has 1 aromatic rings. The fraction of sp³-hybridized carbons (Fsp3) is 0.500. The summed E-state index contributed by atoms with van der Waals surface area (Å²) in [6.45, 7) is 7.74. The number of carbonyl (C=O) groups is 1. The molecule has 5 heteroatoms. The molecule has 0 aromatic heterocycles. The van der Waals surface area contributed by atoms with Crippen LogP contribution in [0.3, 0.4) is 0 Å². The maximum Gasteiger partial charge on any atom is 0.224 e. The third-order valence-corrected chi connectivity index (χ3v) is 3.60. The van der Waals surface area contributed by atoms with E-state index in [-0.39, 0.29) is 12.3 Å². The van der Waals surface area contributed by atoms with Gasteiger partial charge in [-0.2, -0.15) is 0 Å². The fourth-order valence-electron chi connectivity index (χ4n) is 1.79. The van der Waals surface area contributed by atoms with E-state index in [0.29, 0.717) is 16.6 Å². The van der Waals surface area contributed by atoms with Gasteiger partial charge in [-0.15, -0.1) is 0 Å². The van der Waals surface area contributed by atoms with Crippen LogP contribution in [-0.4, -0.2) is 37.0 Å². The number of nitrogens with one attached hydrogen (secondary N) is 1. The fourth-order valence-corrected chi connectivity index (χ4v) is 2.27. The first kappa shape index (κ1) is 16.3. The van der Waals surface area contributed by atoms with Crippen molar-refractivity contribution in [2.24, 2.45) is 0 Å². The highest BCUT2D eigenvalue weighted by molar-refractivity contribution is 6.35. The first-order valence-electron chi connectivity index (χ1n) is 6.49. The lowest BCUT2D eigenvalue weighted by molar-refractivity contribution is -0.120. The Morgan fingerprint density at radius 3 is 2.53 bits per heavy atom. The normalized spacial score (nSPS) is 10.8. The van der Waals surface area contributed by atoms with Crippen LogP contribution in [0.25, 0.3) is 0 Å². The van der Waals surface area contributed by atoms with Crippen molar-refractivity contribution in [2.45, 2.75) is 20.3 Å². The zero-order chi connectivity index (χ0) is 14.3. The molecule has 19 heavy (non-hydrogen) atoms. The molecule has 0 bridgehead atoms. The molecular weight excluding hydrogens is 283 g/mol. The first-order valence-corrected chi connectivity index (χ1v) is 7.25. The first-order chi connectivity index (χ1) is 9.06. The minimum absolute atomic E-state index is 0.0172. The van der Waals surface area contributed by atoms with E-state index in [9.17, 15) is 4.79 Å². The Bertz CT molecular complexity index is 420. The summed E-state index contributed by atoms with van der Waals surface area (Å²) in [5.74, 6) is -0.0172. The van der Waals surface area contributed by atoms with Gasteiger partial charge in [0.1, 0.15) is 0 Å². The van der Waals surface area contributed by atoms with E-state index in [4.69, 9.17) is 23.2 Å². The Labute approximate surface area is 124 Å². The Morgan fingerprint density at radius 1 is 1.26 bits per heavy atom. The quantitative estimate of drug-likeness (QED) is 0.840. The number of nitrogens with zero attached hydrogens (tertiary/aromatic N) is 1. The molecule has 0 aliphatic heterocycles. The van der Waals surface area contributed by atoms with Crippen molar-refractivity contribution in [1.29, 1.82) is 0 Å². The van der Waals surface area contributed by atoms with Crippen molar-refractivity contribution >= 4 is 29.1 Å². The summed E-state index contributed by atoms with van der Waals surface area (Å²) in [5.41, 5.74) is 0.798. The van der Waals surface area contributed by atoms with Crippen molar-refractivity contribution < 1.29 is 4.79 Å². The molecule has 3 nitrogen and oxygen atoms in total. The van der Waals surface area contributed by atoms with Gasteiger partial charge >= 0.3 is 0 Å². The summed E-state index contributed by atoms with van der Waals surface area (Å²) in [4.78, 5) is 14.0. The number of hydrogen-bond donors (Lipinski definition) is 1. The zero-order valence-electron chi connectivity index (χ0n) is 11.4. The van der Waals surface area contributed by atoms with Gasteiger partial charge in [-0.25, -0.2) is 0 Å². The Hall–Kier alpha value is -0.770. The van der Waals surface area contributed by atoms with E-state index >= 15 is 0 Å². The summed E-state index contributed by atoms with van der Waals surface area (Å²) in [7, 11) is 0. The SMILES string of the molecule is CCN(CC)CCNC(=O)Cc1ccc(Cl)cc1Cl. The molecule has 0 aliphatic rings. The van der Waals surface area contributed by atoms with Gasteiger partial charge in [0.25, 0.3) is 0 Å². The number of amides is 1. The lowest BCUT2D eigenvalue weighted by atomic mass is 10.1. The highest BCUT2D eigenvalue weighted by Gasteiger charge is 2.07. The summed E-state index contributed by atoms with van der Waals surface area (Å²) < 4.78 is 0. The molecule has 0 spiro atoms. The Balaban J connectivity index is 2.39. The summed E-state index contributed by atoms with van der Waals surface area (Å²) in [5, 5.41) is 4.01. The minimum atomic E-state index is -0.0172. The van der Waals surface area contributed by atoms with Gasteiger partial charge < -0.3 is 10.2 Å². The third-order valence-electron chi connectivity index (χ3n) is 3.01. The molecule has 0 saturated heterocycles. The molecule has 0 saturated carbocycles. The van der Waals surface area contributed by atoms with Crippen LogP contribution in [0, 0.1) is 0 Å². The maximum atomic E-state index is 11.8. The van der Waals surface area contributed by atoms with Gasteiger partial charge in [0.15, 0.2) is 0 Å². The Morgan fingerprint density at radius 2 is 1.95 bits per heavy atom. The van der Waals surface area contributed by atoms with Gasteiger partial charge in [0.2, 0.25) is 5.91 Å². The van der Waals surface area contributed by atoms with Crippen LogP contribution in [0.5, 0.6) is 0 Å². The number of hydrogen-bond acceptors (Lipinski definition) is 2. The second-order valence-electron chi connectivity index (χ2n) is 4.29. The van der Waals surface area contributed by atoms with E-state index < -0.39 is 0 Å². The van der Waals surface area contributed by atoms with Crippen LogP contribution in [0.1, 0.15) is 19.4 Å². The molecule has 0 aliphatic carbocycles. The van der Waals surface area contributed by atoms with E-state index in [0.717, 1.165) is 25.2 Å². The standard InChI is InChI=1S/C14H20Cl2N2O/c1-3-18(4-2)8-7-17-14(19)9-11-5-6-12(15)10-13(11)16/h5-6,10H,3-4,7-9H2,1-2H3,(H,17,19). The smallest absolute Gasteiger partial charge is 0.224 e. The van der Waals surface area contributed by atoms with Gasteiger partial charge in [-0.1, -0.05) is 43.1 Å². The molecule has 0 fully saturated rings. The van der Waals surface area contributed by atoms with Crippen molar-refractivity contribution in [1.82, 2.24) is 10.2 Å². The monoisotopic (exact) mass is 302 g/mol. The maximum absolute atomic E-state index is 11.8. The number of likely N-dealkylation sites (N-methyl/N-ethyl adjacent to an activating group) is 1. The number of rotatable bonds is 7. The lowest BCUT2D eigenvalue weighted by Gasteiger charge is -2.18. The molecular formula is C14H20Cl2N2O. The zero-order valence-corrected chi connectivity index (χ0v) is 12.9. The molecule has 0 radical (unpaired) electrons. The second kappa shape index (κ2) is 8.41. The largest absolute Gasteiger partial charge is 0.355 e. The van der Waals surface area contributed by atoms with E-state index in [1.54, 1.807) is 18.2 Å². The number of benzene rings is 1. The van der Waals surface area contributed by atoms with Crippen molar-refractivity contribution in [3.05, 3.63) is 33.8 Å². The van der Waals surface area contributed by atoms with Crippen LogP contribution in [0.15, 0.2) is 18.2 Å². The van der Waals surface area contributed by atoms with E-state index in [1.807, 2.05) is 0 Å². The molecule has 0 heterocycles. The molecule has 0 unspecified atom stereocenters. The topological polar surface area (TPSA) is 32.3 Å². The molecule has 1 rings (SSSR count). The van der Waals surface area contributed by atoms with Gasteiger partial charge in [0.05, 0.1) is 6.42 Å². The summed E-state index contributed by atoms with van der Waals surface area (Å²) in [6.07, 6.45) is 0.286. The molecule has 1 amide bonds. The van der Waals surface area contributed by atoms with Gasteiger partial charge in [0, 0.05) is 23.1 Å². The predicted octanol–water partition coefficient (Wildman–Crippen LogP) is 2.99. The number of carbonyl (C=O) groups excluding carboxylic acids is 1. The highest BCUT2D eigenvalue weighted by atomic mass is 35.5. The van der Waals surface area contributed by atoms with Gasteiger partial charge in [-0.3, -0.25) is 4.79 Å². The van der Waals surface area contributed by atoms with Crippen LogP contribution in [0.2, 0.25) is 10.0 Å². The molecule has 106 valence electrons. The third kappa shape index (κ3) is 5.81. The average molecular weight is 303 g/mol. The van der Waals surface area contributed by atoms with Crippen molar-refractivity contribution in [3.63, 3.8) is 0 Å². The van der Waals surface area contributed by atoms with Crippen LogP contribution in [-0.2, 0) is 11.2 Å². The summed E-state index contributed by atoms with van der Waals surface area (Å²) >= 11 is 11.8. The average Bonchev–Trinajstić information content (AvgIpc) is 2.38. The van der Waals surface area contributed by atoms with E-state index in [2.05, 4.69) is 24.1 Å². The molecule has 1 aromatic carbocycles. The highest BCUT2D eigenvalue weighted by Crippen LogP contribution is 2.21. The summed E-state index contributed by atoms with van der Waals surface area (Å²) in [6, 6.07) is 5.18. The Kier molecular flexibility index (Phi) is 7.21. The number of halogens is 2.